The lowest BCUT2D eigenvalue weighted by Gasteiger charge is -2.02. The minimum atomic E-state index is -0.338. The highest BCUT2D eigenvalue weighted by Crippen LogP contribution is 2.08. The Morgan fingerprint density at radius 1 is 1.43 bits per heavy atom. The second kappa shape index (κ2) is 5.70. The third-order valence-electron chi connectivity index (χ3n) is 2.95. The van der Waals surface area contributed by atoms with Crippen molar-refractivity contribution in [3.8, 4) is 0 Å². The third kappa shape index (κ3) is 3.05. The van der Waals surface area contributed by atoms with E-state index < -0.39 is 0 Å². The van der Waals surface area contributed by atoms with Gasteiger partial charge in [-0.1, -0.05) is 0 Å². The molecule has 0 spiro atoms. The van der Waals surface area contributed by atoms with Crippen molar-refractivity contribution in [1.82, 2.24) is 9.38 Å². The van der Waals surface area contributed by atoms with Gasteiger partial charge in [-0.25, -0.2) is 9.98 Å². The lowest BCUT2D eigenvalue weighted by molar-refractivity contribution is -0.113. The number of hydrogen-bond donors (Lipinski definition) is 1. The van der Waals surface area contributed by atoms with Crippen molar-refractivity contribution in [2.24, 2.45) is 4.99 Å². The summed E-state index contributed by atoms with van der Waals surface area (Å²) in [6.45, 7) is 4.61. The van der Waals surface area contributed by atoms with Crippen LogP contribution in [0.4, 0.5) is 5.69 Å². The van der Waals surface area contributed by atoms with E-state index in [0.717, 1.165) is 5.56 Å². The fraction of sp³-hybridized carbons (Fsp3) is 0.200. The first-order valence-electron chi connectivity index (χ1n) is 6.33. The van der Waals surface area contributed by atoms with Crippen LogP contribution < -0.4 is 5.56 Å². The SMILES string of the molecule is CC(=O)/C(C=Nc1cnc2cc(C)ccn2c1=O)=C(/C)O. The molecular weight excluding hydrogens is 270 g/mol. The molecule has 6 nitrogen and oxygen atoms in total. The Morgan fingerprint density at radius 3 is 2.76 bits per heavy atom. The molecule has 0 aliphatic carbocycles. The lowest BCUT2D eigenvalue weighted by Crippen LogP contribution is -2.14. The molecule has 0 aliphatic rings. The number of rotatable bonds is 3. The Morgan fingerprint density at radius 2 is 2.14 bits per heavy atom. The molecule has 0 aromatic carbocycles. The molecular formula is C15H15N3O3. The van der Waals surface area contributed by atoms with E-state index in [0.29, 0.717) is 5.65 Å². The number of carbonyl (C=O) groups excluding carboxylic acids is 1. The van der Waals surface area contributed by atoms with Crippen LogP contribution in [0.1, 0.15) is 19.4 Å². The number of aliphatic hydroxyl groups is 1. The molecule has 0 atom stereocenters. The van der Waals surface area contributed by atoms with Crippen LogP contribution in [0.2, 0.25) is 0 Å². The van der Waals surface area contributed by atoms with Gasteiger partial charge in [-0.3, -0.25) is 14.0 Å². The molecule has 0 radical (unpaired) electrons. The van der Waals surface area contributed by atoms with Gasteiger partial charge in [0.25, 0.3) is 5.56 Å². The first-order chi connectivity index (χ1) is 9.90. The largest absolute Gasteiger partial charge is 0.512 e. The molecule has 2 aromatic heterocycles. The summed E-state index contributed by atoms with van der Waals surface area (Å²) in [4.78, 5) is 31.7. The molecule has 0 aliphatic heterocycles. The number of allylic oxidation sites excluding steroid dienone is 2. The van der Waals surface area contributed by atoms with Crippen molar-refractivity contribution in [2.75, 3.05) is 0 Å². The first kappa shape index (κ1) is 14.6. The lowest BCUT2D eigenvalue weighted by atomic mass is 10.2. The maximum Gasteiger partial charge on any atom is 0.283 e. The number of carbonyl (C=O) groups is 1. The van der Waals surface area contributed by atoms with Crippen molar-refractivity contribution in [3.63, 3.8) is 0 Å². The van der Waals surface area contributed by atoms with E-state index in [1.807, 2.05) is 6.92 Å². The maximum absolute atomic E-state index is 12.2. The van der Waals surface area contributed by atoms with Gasteiger partial charge in [-0.15, -0.1) is 0 Å². The number of Topliss-reactive ketones (excluding diaryl/α,β-unsaturated/α-hetero) is 1. The van der Waals surface area contributed by atoms with E-state index in [2.05, 4.69) is 9.98 Å². The summed E-state index contributed by atoms with van der Waals surface area (Å²) in [6, 6.07) is 3.58. The van der Waals surface area contributed by atoms with Gasteiger partial charge in [0.15, 0.2) is 5.78 Å². The van der Waals surface area contributed by atoms with Crippen LogP contribution >= 0.6 is 0 Å². The maximum atomic E-state index is 12.2. The smallest absolute Gasteiger partial charge is 0.283 e. The van der Waals surface area contributed by atoms with Crippen LogP contribution in [0.15, 0.2) is 45.6 Å². The van der Waals surface area contributed by atoms with Crippen molar-refractivity contribution in [3.05, 3.63) is 51.8 Å². The van der Waals surface area contributed by atoms with Crippen LogP contribution in [0.3, 0.4) is 0 Å². The molecule has 108 valence electrons. The normalized spacial score (nSPS) is 12.7. The number of pyridine rings is 1. The predicted octanol–water partition coefficient (Wildman–Crippen LogP) is 2.13. The van der Waals surface area contributed by atoms with E-state index in [1.54, 1.807) is 18.3 Å². The van der Waals surface area contributed by atoms with E-state index >= 15 is 0 Å². The summed E-state index contributed by atoms with van der Waals surface area (Å²) in [5, 5.41) is 9.40. The molecule has 0 fully saturated rings. The van der Waals surface area contributed by atoms with Gasteiger partial charge in [0.05, 0.1) is 11.8 Å². The third-order valence-corrected chi connectivity index (χ3v) is 2.95. The number of aromatic nitrogens is 2. The quantitative estimate of drug-likeness (QED) is 0.532. The number of aryl methyl sites for hydroxylation is 1. The van der Waals surface area contributed by atoms with Crippen molar-refractivity contribution < 1.29 is 9.90 Å². The van der Waals surface area contributed by atoms with Crippen molar-refractivity contribution >= 4 is 23.3 Å². The van der Waals surface area contributed by atoms with Gasteiger partial charge in [0, 0.05) is 12.4 Å². The summed E-state index contributed by atoms with van der Waals surface area (Å²) in [7, 11) is 0. The molecule has 0 unspecified atom stereocenters. The number of nitrogens with zero attached hydrogens (tertiary/aromatic N) is 3. The Bertz CT molecular complexity index is 828. The summed E-state index contributed by atoms with van der Waals surface area (Å²) in [5.74, 6) is -0.473. The summed E-state index contributed by atoms with van der Waals surface area (Å²) < 4.78 is 1.38. The van der Waals surface area contributed by atoms with E-state index in [4.69, 9.17) is 0 Å². The van der Waals surface area contributed by atoms with Gasteiger partial charge < -0.3 is 5.11 Å². The minimum Gasteiger partial charge on any atom is -0.512 e. The zero-order chi connectivity index (χ0) is 15.6. The van der Waals surface area contributed by atoms with E-state index in [-0.39, 0.29) is 28.4 Å². The molecule has 0 bridgehead atoms. The van der Waals surface area contributed by atoms with Gasteiger partial charge >= 0.3 is 0 Å². The molecule has 2 aromatic rings. The van der Waals surface area contributed by atoms with Gasteiger partial charge in [0.1, 0.15) is 17.1 Å². The molecule has 0 saturated heterocycles. The first-order valence-corrected chi connectivity index (χ1v) is 6.33. The Labute approximate surface area is 121 Å². The Balaban J connectivity index is 2.52. The Kier molecular flexibility index (Phi) is 3.98. The fourth-order valence-electron chi connectivity index (χ4n) is 1.83. The highest BCUT2D eigenvalue weighted by molar-refractivity contribution is 6.12. The van der Waals surface area contributed by atoms with E-state index in [1.165, 1.54) is 30.7 Å². The van der Waals surface area contributed by atoms with E-state index in [9.17, 15) is 14.7 Å². The highest BCUT2D eigenvalue weighted by Gasteiger charge is 2.07. The molecule has 6 heteroatoms. The Hall–Kier alpha value is -2.76. The van der Waals surface area contributed by atoms with Crippen molar-refractivity contribution in [2.45, 2.75) is 20.8 Å². The predicted molar refractivity (Wildman–Crippen MR) is 80.4 cm³/mol. The fourth-order valence-corrected chi connectivity index (χ4v) is 1.83. The van der Waals surface area contributed by atoms with Gasteiger partial charge in [-0.2, -0.15) is 0 Å². The van der Waals surface area contributed by atoms with Gasteiger partial charge in [-0.05, 0) is 38.5 Å². The second-order valence-corrected chi connectivity index (χ2v) is 4.69. The van der Waals surface area contributed by atoms with Crippen LogP contribution in [-0.4, -0.2) is 26.5 Å². The number of hydrogen-bond acceptors (Lipinski definition) is 5. The minimum absolute atomic E-state index is 0.0587. The number of aliphatic imine (C=N–C) groups is 1. The molecule has 21 heavy (non-hydrogen) atoms. The number of ketones is 1. The van der Waals surface area contributed by atoms with Crippen LogP contribution in [0.5, 0.6) is 0 Å². The van der Waals surface area contributed by atoms with Crippen LogP contribution in [0, 0.1) is 6.92 Å². The monoisotopic (exact) mass is 285 g/mol. The van der Waals surface area contributed by atoms with Crippen LogP contribution in [0.25, 0.3) is 5.65 Å². The highest BCUT2D eigenvalue weighted by atomic mass is 16.3. The second-order valence-electron chi connectivity index (χ2n) is 4.69. The van der Waals surface area contributed by atoms with Gasteiger partial charge in [0.2, 0.25) is 0 Å². The van der Waals surface area contributed by atoms with Crippen LogP contribution in [-0.2, 0) is 4.79 Å². The molecule has 0 saturated carbocycles. The molecule has 2 heterocycles. The standard InChI is InChI=1S/C15H15N3O3/c1-9-4-5-18-14(6-9)17-8-13(15(18)21)16-7-12(10(2)19)11(3)20/h4-8,19H,1-3H3/b12-10-,16-7?. The average molecular weight is 285 g/mol. The summed E-state index contributed by atoms with van der Waals surface area (Å²) in [5.41, 5.74) is 1.34. The summed E-state index contributed by atoms with van der Waals surface area (Å²) >= 11 is 0. The zero-order valence-electron chi connectivity index (χ0n) is 12.0. The summed E-state index contributed by atoms with van der Waals surface area (Å²) in [6.07, 6.45) is 4.15. The molecule has 0 amide bonds. The zero-order valence-corrected chi connectivity index (χ0v) is 12.0. The average Bonchev–Trinajstić information content (AvgIpc) is 2.40. The molecule has 2 rings (SSSR count). The molecule has 1 N–H and O–H groups in total. The van der Waals surface area contributed by atoms with Crippen molar-refractivity contribution in [1.29, 1.82) is 0 Å². The topological polar surface area (TPSA) is 84.0 Å². The number of aliphatic hydroxyl groups excluding tert-OH is 1. The number of fused-ring (bicyclic) bond motifs is 1.